The van der Waals surface area contributed by atoms with Gasteiger partial charge in [0.05, 0.1) is 17.7 Å². The summed E-state index contributed by atoms with van der Waals surface area (Å²) in [4.78, 5) is 39.8. The van der Waals surface area contributed by atoms with Crippen LogP contribution in [0.25, 0.3) is 10.9 Å². The van der Waals surface area contributed by atoms with Crippen molar-refractivity contribution in [3.63, 3.8) is 0 Å². The van der Waals surface area contributed by atoms with Crippen LogP contribution in [0.1, 0.15) is 6.92 Å². The third-order valence-electron chi connectivity index (χ3n) is 5.10. The number of nitrogens with one attached hydrogen (secondary N) is 1. The summed E-state index contributed by atoms with van der Waals surface area (Å²) in [5, 5.41) is 12.9. The van der Waals surface area contributed by atoms with E-state index in [2.05, 4.69) is 5.32 Å². The Morgan fingerprint density at radius 2 is 1.96 bits per heavy atom. The van der Waals surface area contributed by atoms with Crippen LogP contribution in [-0.2, 0) is 11.8 Å². The van der Waals surface area contributed by atoms with Crippen LogP contribution in [0.15, 0.2) is 29.1 Å². The van der Waals surface area contributed by atoms with Gasteiger partial charge in [0.25, 0.3) is 5.56 Å². The molecule has 2 atom stereocenters. The first-order valence-electron chi connectivity index (χ1n) is 8.09. The minimum atomic E-state index is -1.04. The zero-order valence-corrected chi connectivity index (χ0v) is 13.9. The fraction of sp³-hybridized carbons (Fsp3) is 0.353. The zero-order valence-electron chi connectivity index (χ0n) is 13.9. The molecule has 1 aromatic carbocycles. The highest BCUT2D eigenvalue weighted by molar-refractivity contribution is 6.10. The topological polar surface area (TPSA) is 94.9 Å². The van der Waals surface area contributed by atoms with Gasteiger partial charge >= 0.3 is 6.09 Å². The van der Waals surface area contributed by atoms with Crippen LogP contribution >= 0.6 is 0 Å². The molecule has 0 bridgehead atoms. The predicted octanol–water partition coefficient (Wildman–Crippen LogP) is 1.05. The van der Waals surface area contributed by atoms with Gasteiger partial charge in [0.2, 0.25) is 5.91 Å². The van der Waals surface area contributed by atoms with E-state index in [0.717, 1.165) is 10.9 Å². The maximum absolute atomic E-state index is 12.7. The van der Waals surface area contributed by atoms with Gasteiger partial charge in [-0.05, 0) is 13.0 Å². The molecule has 0 saturated carbocycles. The molecule has 2 amide bonds. The van der Waals surface area contributed by atoms with Crippen molar-refractivity contribution >= 4 is 34.3 Å². The second-order valence-corrected chi connectivity index (χ2v) is 6.55. The summed E-state index contributed by atoms with van der Waals surface area (Å²) in [6.07, 6.45) is -1.04. The van der Waals surface area contributed by atoms with Gasteiger partial charge in [-0.3, -0.25) is 9.59 Å². The molecule has 8 nitrogen and oxygen atoms in total. The molecular formula is C17H18N4O4. The van der Waals surface area contributed by atoms with Gasteiger partial charge in [0.1, 0.15) is 11.7 Å². The van der Waals surface area contributed by atoms with E-state index in [4.69, 9.17) is 0 Å². The fourth-order valence-electron chi connectivity index (χ4n) is 3.81. The van der Waals surface area contributed by atoms with Gasteiger partial charge in [0, 0.05) is 25.0 Å². The van der Waals surface area contributed by atoms with Gasteiger partial charge in [-0.25, -0.2) is 4.79 Å². The number of carboxylic acid groups (broad SMARTS) is 1. The van der Waals surface area contributed by atoms with E-state index in [-0.39, 0.29) is 29.7 Å². The van der Waals surface area contributed by atoms with E-state index in [9.17, 15) is 19.5 Å². The number of anilines is 2. The number of piperazine rings is 1. The number of benzene rings is 1. The summed E-state index contributed by atoms with van der Waals surface area (Å²) >= 11 is 0. The Balaban J connectivity index is 1.95. The highest BCUT2D eigenvalue weighted by atomic mass is 16.4. The second-order valence-electron chi connectivity index (χ2n) is 6.55. The number of carbonyl (C=O) groups is 2. The second kappa shape index (κ2) is 5.23. The molecule has 130 valence electrons. The third kappa shape index (κ3) is 2.10. The Kier molecular flexibility index (Phi) is 3.24. The molecule has 2 N–H and O–H groups in total. The third-order valence-corrected chi connectivity index (χ3v) is 5.10. The molecular weight excluding hydrogens is 324 g/mol. The lowest BCUT2D eigenvalue weighted by Crippen LogP contribution is -2.64. The number of aryl methyl sites for hydroxylation is 1. The first-order chi connectivity index (χ1) is 11.9. The number of hydrogen-bond acceptors (Lipinski definition) is 4. The van der Waals surface area contributed by atoms with Gasteiger partial charge in [-0.2, -0.15) is 0 Å². The Morgan fingerprint density at radius 1 is 1.24 bits per heavy atom. The molecule has 2 aromatic rings. The van der Waals surface area contributed by atoms with Gasteiger partial charge < -0.3 is 24.8 Å². The van der Waals surface area contributed by atoms with E-state index in [1.807, 2.05) is 29.2 Å². The molecule has 3 heterocycles. The number of carbonyl (C=O) groups excluding carboxylic acids is 1. The van der Waals surface area contributed by atoms with Crippen LogP contribution in [0.4, 0.5) is 16.2 Å². The van der Waals surface area contributed by atoms with Crippen molar-refractivity contribution in [1.82, 2.24) is 9.47 Å². The summed E-state index contributed by atoms with van der Waals surface area (Å²) in [6, 6.07) is 6.59. The number of nitrogens with zero attached hydrogens (tertiary/aromatic N) is 3. The molecule has 4 rings (SSSR count). The molecule has 0 aliphatic carbocycles. The summed E-state index contributed by atoms with van der Waals surface area (Å²) in [5.74, 6) is -0.349. The van der Waals surface area contributed by atoms with Gasteiger partial charge in [-0.15, -0.1) is 0 Å². The molecule has 8 heteroatoms. The van der Waals surface area contributed by atoms with Gasteiger partial charge in [0.15, 0.2) is 0 Å². The highest BCUT2D eigenvalue weighted by Crippen LogP contribution is 2.38. The summed E-state index contributed by atoms with van der Waals surface area (Å²) in [5.41, 5.74) is 1.45. The molecule has 1 aromatic heterocycles. The van der Waals surface area contributed by atoms with Crippen molar-refractivity contribution in [3.8, 4) is 0 Å². The molecule has 2 aliphatic heterocycles. The fourth-order valence-corrected chi connectivity index (χ4v) is 3.81. The van der Waals surface area contributed by atoms with E-state index < -0.39 is 12.1 Å². The first kappa shape index (κ1) is 15.5. The SMILES string of the molecule is C[C@@H]1CN2c3c(c(=O)n(C)c4ccccc34)NC(=O)[C@H]2CN1C(=O)O. The van der Waals surface area contributed by atoms with Crippen LogP contribution in [-0.4, -0.2) is 51.7 Å². The number of amides is 2. The lowest BCUT2D eigenvalue weighted by atomic mass is 10.00. The zero-order chi connectivity index (χ0) is 17.9. The van der Waals surface area contributed by atoms with E-state index >= 15 is 0 Å². The Morgan fingerprint density at radius 3 is 2.68 bits per heavy atom. The Hall–Kier alpha value is -3.03. The van der Waals surface area contributed by atoms with Crippen LogP contribution in [0, 0.1) is 0 Å². The van der Waals surface area contributed by atoms with E-state index in [1.54, 1.807) is 14.0 Å². The van der Waals surface area contributed by atoms with Crippen molar-refractivity contribution in [2.75, 3.05) is 23.3 Å². The lowest BCUT2D eigenvalue weighted by molar-refractivity contribution is -0.118. The monoisotopic (exact) mass is 342 g/mol. The van der Waals surface area contributed by atoms with Crippen molar-refractivity contribution in [1.29, 1.82) is 0 Å². The average molecular weight is 342 g/mol. The Labute approximate surface area is 143 Å². The number of para-hydroxylation sites is 1. The molecule has 1 fully saturated rings. The Bertz CT molecular complexity index is 967. The number of fused-ring (bicyclic) bond motifs is 5. The van der Waals surface area contributed by atoms with Crippen molar-refractivity contribution in [3.05, 3.63) is 34.6 Å². The van der Waals surface area contributed by atoms with Crippen LogP contribution in [0.5, 0.6) is 0 Å². The van der Waals surface area contributed by atoms with E-state index in [1.165, 1.54) is 9.47 Å². The largest absolute Gasteiger partial charge is 0.465 e. The first-order valence-corrected chi connectivity index (χ1v) is 8.09. The minimum absolute atomic E-state index is 0.0747. The normalized spacial score (nSPS) is 22.4. The van der Waals surface area contributed by atoms with Crippen molar-refractivity contribution in [2.45, 2.75) is 19.0 Å². The molecule has 0 unspecified atom stereocenters. The van der Waals surface area contributed by atoms with Crippen LogP contribution < -0.4 is 15.8 Å². The standard InChI is InChI=1S/C17H18N4O4/c1-9-7-21-12(8-20(9)17(24)25)15(22)18-13-14(21)10-5-3-4-6-11(10)19(2)16(13)23/h3-6,9,12H,7-8H2,1-2H3,(H,18,22)(H,24,25)/t9-,12-/m1/s1. The number of rotatable bonds is 0. The highest BCUT2D eigenvalue weighted by Gasteiger charge is 2.43. The maximum atomic E-state index is 12.7. The number of aromatic nitrogens is 1. The maximum Gasteiger partial charge on any atom is 0.407 e. The molecule has 1 saturated heterocycles. The lowest BCUT2D eigenvalue weighted by Gasteiger charge is -2.47. The molecule has 0 spiro atoms. The van der Waals surface area contributed by atoms with Crippen molar-refractivity contribution < 1.29 is 14.7 Å². The average Bonchev–Trinajstić information content (AvgIpc) is 2.59. The predicted molar refractivity (Wildman–Crippen MR) is 93.1 cm³/mol. The molecule has 2 aliphatic rings. The minimum Gasteiger partial charge on any atom is -0.465 e. The van der Waals surface area contributed by atoms with Crippen LogP contribution in [0.3, 0.4) is 0 Å². The quantitative estimate of drug-likeness (QED) is 0.746. The summed E-state index contributed by atoms with van der Waals surface area (Å²) in [6.45, 7) is 2.24. The molecule has 25 heavy (non-hydrogen) atoms. The van der Waals surface area contributed by atoms with Crippen LogP contribution in [0.2, 0.25) is 0 Å². The molecule has 0 radical (unpaired) electrons. The number of hydrogen-bond donors (Lipinski definition) is 2. The van der Waals surface area contributed by atoms with E-state index in [0.29, 0.717) is 12.2 Å². The summed E-state index contributed by atoms with van der Waals surface area (Å²) < 4.78 is 1.52. The smallest absolute Gasteiger partial charge is 0.407 e. The summed E-state index contributed by atoms with van der Waals surface area (Å²) in [7, 11) is 1.67. The number of pyridine rings is 1. The van der Waals surface area contributed by atoms with Gasteiger partial charge in [-0.1, -0.05) is 18.2 Å². The van der Waals surface area contributed by atoms with Crippen molar-refractivity contribution in [2.24, 2.45) is 7.05 Å².